The third-order valence-electron chi connectivity index (χ3n) is 5.20. The van der Waals surface area contributed by atoms with E-state index in [2.05, 4.69) is 33.8 Å². The van der Waals surface area contributed by atoms with Gasteiger partial charge in [-0.15, -0.1) is 0 Å². The number of allylic oxidation sites excluding steroid dienone is 1. The maximum absolute atomic E-state index is 12.9. The number of halogens is 1. The molecule has 2 amide bonds. The van der Waals surface area contributed by atoms with Gasteiger partial charge in [0, 0.05) is 29.8 Å². The van der Waals surface area contributed by atoms with Crippen LogP contribution in [0.15, 0.2) is 59.7 Å². The molecule has 0 aromatic heterocycles. The quantitative estimate of drug-likeness (QED) is 0.824. The van der Waals surface area contributed by atoms with E-state index in [9.17, 15) is 9.59 Å². The molecule has 142 valence electrons. The molecule has 2 aliphatic rings. The van der Waals surface area contributed by atoms with Gasteiger partial charge in [-0.1, -0.05) is 41.9 Å². The van der Waals surface area contributed by atoms with Crippen LogP contribution < -0.4 is 10.6 Å². The van der Waals surface area contributed by atoms with Crippen molar-refractivity contribution < 1.29 is 9.59 Å². The van der Waals surface area contributed by atoms with Crippen molar-refractivity contribution in [3.05, 3.63) is 76.5 Å². The van der Waals surface area contributed by atoms with E-state index in [1.54, 1.807) is 25.1 Å². The van der Waals surface area contributed by atoms with Gasteiger partial charge < -0.3 is 10.6 Å². The number of carbonyl (C=O) groups excluding carboxylic acids is 2. The fourth-order valence-electron chi connectivity index (χ4n) is 3.58. The van der Waals surface area contributed by atoms with Crippen LogP contribution in [0.2, 0.25) is 5.02 Å². The highest BCUT2D eigenvalue weighted by atomic mass is 35.5. The van der Waals surface area contributed by atoms with Gasteiger partial charge in [-0.2, -0.15) is 0 Å². The van der Waals surface area contributed by atoms with Gasteiger partial charge in [-0.25, -0.2) is 0 Å². The van der Waals surface area contributed by atoms with Gasteiger partial charge in [-0.3, -0.25) is 14.6 Å². The van der Waals surface area contributed by atoms with Crippen LogP contribution in [0.4, 0.5) is 5.69 Å². The first-order chi connectivity index (χ1) is 13.4. The Morgan fingerprint density at radius 1 is 1.18 bits per heavy atom. The van der Waals surface area contributed by atoms with E-state index in [1.807, 2.05) is 24.5 Å². The molecule has 6 heteroatoms. The van der Waals surface area contributed by atoms with Gasteiger partial charge in [0.05, 0.1) is 11.3 Å². The van der Waals surface area contributed by atoms with Gasteiger partial charge in [0.2, 0.25) is 5.91 Å². The van der Waals surface area contributed by atoms with Crippen molar-refractivity contribution in [2.75, 3.05) is 5.32 Å². The van der Waals surface area contributed by atoms with Crippen molar-refractivity contribution in [3.63, 3.8) is 0 Å². The number of nitrogens with one attached hydrogen (secondary N) is 2. The molecule has 0 aliphatic carbocycles. The summed E-state index contributed by atoms with van der Waals surface area (Å²) in [5, 5.41) is 6.17. The summed E-state index contributed by atoms with van der Waals surface area (Å²) < 4.78 is 0. The second-order valence-electron chi connectivity index (χ2n) is 7.36. The van der Waals surface area contributed by atoms with Crippen LogP contribution in [-0.4, -0.2) is 23.6 Å². The van der Waals surface area contributed by atoms with Crippen LogP contribution >= 0.6 is 11.6 Å². The molecule has 0 spiro atoms. The molecule has 2 aliphatic heterocycles. The van der Waals surface area contributed by atoms with Crippen LogP contribution in [0.25, 0.3) is 0 Å². The molecule has 0 saturated carbocycles. The Morgan fingerprint density at radius 3 is 2.68 bits per heavy atom. The first-order valence-electron chi connectivity index (χ1n) is 9.15. The fourth-order valence-corrected chi connectivity index (χ4v) is 3.75. The van der Waals surface area contributed by atoms with Crippen molar-refractivity contribution in [2.45, 2.75) is 31.2 Å². The zero-order chi connectivity index (χ0) is 19.7. The van der Waals surface area contributed by atoms with Crippen LogP contribution in [0.1, 0.15) is 40.7 Å². The minimum Gasteiger partial charge on any atom is -0.337 e. The van der Waals surface area contributed by atoms with E-state index in [-0.39, 0.29) is 11.8 Å². The zero-order valence-corrected chi connectivity index (χ0v) is 16.2. The largest absolute Gasteiger partial charge is 0.337 e. The minimum atomic E-state index is -1.07. The van der Waals surface area contributed by atoms with Crippen LogP contribution in [0.3, 0.4) is 0 Å². The van der Waals surface area contributed by atoms with E-state index >= 15 is 0 Å². The normalized spacial score (nSPS) is 23.6. The highest BCUT2D eigenvalue weighted by Crippen LogP contribution is 2.28. The molecule has 0 bridgehead atoms. The van der Waals surface area contributed by atoms with Gasteiger partial charge >= 0.3 is 0 Å². The summed E-state index contributed by atoms with van der Waals surface area (Å²) in [5.41, 5.74) is 1.94. The molecule has 5 nitrogen and oxygen atoms in total. The standard InChI is InChI=1S/C22H20ClN3O2/c1-22(13-14-2-4-15(5-3-14)16-8-10-24-11-9-16)21(28)25-19-7-6-17(23)12-18(19)20(27)26-22/h2-8,10-12,16H,9,13H2,1H3,(H,25,28)(H,26,27)/t16?,22-/m0/s1. The second-order valence-corrected chi connectivity index (χ2v) is 7.80. The summed E-state index contributed by atoms with van der Waals surface area (Å²) in [4.78, 5) is 29.7. The maximum Gasteiger partial charge on any atom is 0.254 e. The number of nitrogens with zero attached hydrogens (tertiary/aromatic N) is 1. The number of hydrogen-bond acceptors (Lipinski definition) is 3. The van der Waals surface area contributed by atoms with Gasteiger partial charge in [0.15, 0.2) is 0 Å². The summed E-state index contributed by atoms with van der Waals surface area (Å²) in [5.74, 6) is -0.249. The van der Waals surface area contributed by atoms with E-state index in [0.717, 1.165) is 12.0 Å². The topological polar surface area (TPSA) is 70.6 Å². The van der Waals surface area contributed by atoms with Gasteiger partial charge in [0.25, 0.3) is 5.91 Å². The average Bonchev–Trinajstić information content (AvgIpc) is 2.78. The highest BCUT2D eigenvalue weighted by molar-refractivity contribution is 6.31. The molecule has 2 aromatic rings. The van der Waals surface area contributed by atoms with Crippen molar-refractivity contribution in [1.29, 1.82) is 0 Å². The smallest absolute Gasteiger partial charge is 0.254 e. The van der Waals surface area contributed by atoms with Crippen molar-refractivity contribution in [2.24, 2.45) is 4.99 Å². The predicted octanol–water partition coefficient (Wildman–Crippen LogP) is 4.10. The first kappa shape index (κ1) is 18.4. The number of aliphatic imine (C=N–C) groups is 1. The molecular weight excluding hydrogens is 374 g/mol. The van der Waals surface area contributed by atoms with E-state index in [1.165, 1.54) is 5.56 Å². The maximum atomic E-state index is 12.9. The molecule has 1 unspecified atom stereocenters. The number of rotatable bonds is 3. The van der Waals surface area contributed by atoms with Gasteiger partial charge in [-0.05, 0) is 42.7 Å². The second kappa shape index (κ2) is 7.24. The predicted molar refractivity (Wildman–Crippen MR) is 111 cm³/mol. The van der Waals surface area contributed by atoms with E-state index < -0.39 is 5.54 Å². The molecular formula is C22H20ClN3O2. The highest BCUT2D eigenvalue weighted by Gasteiger charge is 2.38. The van der Waals surface area contributed by atoms with Crippen molar-refractivity contribution >= 4 is 35.3 Å². The Bertz CT molecular complexity index is 997. The monoisotopic (exact) mass is 393 g/mol. The minimum absolute atomic E-state index is 0.252. The van der Waals surface area contributed by atoms with Crippen LogP contribution in [0.5, 0.6) is 0 Å². The number of hydrogen-bond donors (Lipinski definition) is 2. The molecule has 2 heterocycles. The fraction of sp³-hybridized carbons (Fsp3) is 0.227. The van der Waals surface area contributed by atoms with Crippen molar-refractivity contribution in [3.8, 4) is 0 Å². The Balaban J connectivity index is 1.55. The molecule has 0 saturated heterocycles. The summed E-state index contributed by atoms with van der Waals surface area (Å²) in [6.07, 6.45) is 7.08. The molecule has 0 fully saturated rings. The molecule has 2 atom stereocenters. The lowest BCUT2D eigenvalue weighted by molar-refractivity contribution is -0.121. The number of benzene rings is 2. The summed E-state index contributed by atoms with van der Waals surface area (Å²) in [6, 6.07) is 13.0. The Labute approximate surface area is 168 Å². The number of amides is 2. The van der Waals surface area contributed by atoms with Crippen molar-refractivity contribution in [1.82, 2.24) is 5.32 Å². The molecule has 2 aromatic carbocycles. The Hall–Kier alpha value is -2.92. The van der Waals surface area contributed by atoms with Gasteiger partial charge in [0.1, 0.15) is 5.54 Å². The van der Waals surface area contributed by atoms with E-state index in [0.29, 0.717) is 28.6 Å². The number of anilines is 1. The molecule has 4 rings (SSSR count). The lowest BCUT2D eigenvalue weighted by Gasteiger charge is -2.27. The molecule has 2 N–H and O–H groups in total. The first-order valence-corrected chi connectivity index (χ1v) is 9.53. The number of fused-ring (bicyclic) bond motifs is 1. The Kier molecular flexibility index (Phi) is 4.77. The molecule has 28 heavy (non-hydrogen) atoms. The number of carbonyl (C=O) groups is 2. The van der Waals surface area contributed by atoms with E-state index in [4.69, 9.17) is 11.6 Å². The molecule has 0 radical (unpaired) electrons. The van der Waals surface area contributed by atoms with Crippen LogP contribution in [0, 0.1) is 0 Å². The average molecular weight is 394 g/mol. The Morgan fingerprint density at radius 2 is 1.96 bits per heavy atom. The van der Waals surface area contributed by atoms with Crippen LogP contribution in [-0.2, 0) is 11.2 Å². The summed E-state index contributed by atoms with van der Waals surface area (Å²) in [6.45, 7) is 1.74. The summed E-state index contributed by atoms with van der Waals surface area (Å²) in [7, 11) is 0. The lowest BCUT2D eigenvalue weighted by atomic mass is 9.89. The SMILES string of the molecule is C[C@@]1(Cc2ccc(C3C=CN=CC3)cc2)NC(=O)c2cc(Cl)ccc2NC1=O. The third kappa shape index (κ3) is 3.58. The third-order valence-corrected chi connectivity index (χ3v) is 5.43. The summed E-state index contributed by atoms with van der Waals surface area (Å²) >= 11 is 6.01. The lowest BCUT2D eigenvalue weighted by Crippen LogP contribution is -2.54. The zero-order valence-electron chi connectivity index (χ0n) is 15.4.